The number of nitrogens with zero attached hydrogens (tertiary/aromatic N) is 2. The summed E-state index contributed by atoms with van der Waals surface area (Å²) in [6.45, 7) is 5.33. The van der Waals surface area contributed by atoms with E-state index in [0.717, 1.165) is 23.0 Å². The molecule has 0 aliphatic carbocycles. The highest BCUT2D eigenvalue weighted by Gasteiger charge is 2.40. The van der Waals surface area contributed by atoms with E-state index in [2.05, 4.69) is 20.8 Å². The summed E-state index contributed by atoms with van der Waals surface area (Å²) in [5, 5.41) is 0. The standard InChI is InChI=1S/C14H17BrN2O2/c1-14(2)13(19)16(3)6-7-17(14)11-5-4-10(9-18)12(15)8-11/h4-5,8-9H,6-7H2,1-3H3. The fourth-order valence-electron chi connectivity index (χ4n) is 2.44. The summed E-state index contributed by atoms with van der Waals surface area (Å²) >= 11 is 3.39. The Morgan fingerprint density at radius 1 is 1.32 bits per heavy atom. The van der Waals surface area contributed by atoms with Crippen LogP contribution in [0.15, 0.2) is 22.7 Å². The van der Waals surface area contributed by atoms with Crippen molar-refractivity contribution in [2.75, 3.05) is 25.0 Å². The number of anilines is 1. The highest BCUT2D eigenvalue weighted by molar-refractivity contribution is 9.10. The van der Waals surface area contributed by atoms with Gasteiger partial charge in [-0.05, 0) is 48.0 Å². The number of aldehydes is 1. The predicted octanol–water partition coefficient (Wildman–Crippen LogP) is 2.32. The molecular formula is C14H17BrN2O2. The minimum atomic E-state index is -0.574. The lowest BCUT2D eigenvalue weighted by Gasteiger charge is -2.46. The molecule has 19 heavy (non-hydrogen) atoms. The molecule has 1 fully saturated rings. The van der Waals surface area contributed by atoms with Gasteiger partial charge in [-0.25, -0.2) is 0 Å². The van der Waals surface area contributed by atoms with E-state index in [1.165, 1.54) is 0 Å². The van der Waals surface area contributed by atoms with Gasteiger partial charge in [-0.15, -0.1) is 0 Å². The Balaban J connectivity index is 2.38. The van der Waals surface area contributed by atoms with E-state index in [9.17, 15) is 9.59 Å². The minimum Gasteiger partial charge on any atom is -0.356 e. The van der Waals surface area contributed by atoms with Gasteiger partial charge in [-0.2, -0.15) is 0 Å². The van der Waals surface area contributed by atoms with Crippen LogP contribution in [-0.4, -0.2) is 42.8 Å². The Morgan fingerprint density at radius 3 is 2.58 bits per heavy atom. The van der Waals surface area contributed by atoms with Crippen molar-refractivity contribution in [2.45, 2.75) is 19.4 Å². The van der Waals surface area contributed by atoms with E-state index in [0.29, 0.717) is 12.1 Å². The SMILES string of the molecule is CN1CCN(c2ccc(C=O)c(Br)c2)C(C)(C)C1=O. The molecule has 2 rings (SSSR count). The first-order valence-electron chi connectivity index (χ1n) is 6.16. The number of carbonyl (C=O) groups is 2. The number of carbonyl (C=O) groups excluding carboxylic acids is 2. The number of piperazine rings is 1. The van der Waals surface area contributed by atoms with Gasteiger partial charge < -0.3 is 9.80 Å². The molecule has 0 unspecified atom stereocenters. The van der Waals surface area contributed by atoms with Gasteiger partial charge >= 0.3 is 0 Å². The first kappa shape index (κ1) is 14.1. The van der Waals surface area contributed by atoms with Crippen LogP contribution in [-0.2, 0) is 4.79 Å². The monoisotopic (exact) mass is 324 g/mol. The molecule has 4 nitrogen and oxygen atoms in total. The molecule has 1 amide bonds. The van der Waals surface area contributed by atoms with Crippen molar-refractivity contribution in [1.29, 1.82) is 0 Å². The fraction of sp³-hybridized carbons (Fsp3) is 0.429. The predicted molar refractivity (Wildman–Crippen MR) is 78.6 cm³/mol. The van der Waals surface area contributed by atoms with Crippen LogP contribution in [0.5, 0.6) is 0 Å². The summed E-state index contributed by atoms with van der Waals surface area (Å²) in [6, 6.07) is 5.55. The number of hydrogen-bond donors (Lipinski definition) is 0. The van der Waals surface area contributed by atoms with Crippen molar-refractivity contribution in [3.63, 3.8) is 0 Å². The number of halogens is 1. The average molecular weight is 325 g/mol. The molecule has 1 heterocycles. The van der Waals surface area contributed by atoms with Gasteiger partial charge in [0, 0.05) is 35.9 Å². The zero-order chi connectivity index (χ0) is 14.2. The smallest absolute Gasteiger partial charge is 0.247 e. The second kappa shape index (κ2) is 4.96. The van der Waals surface area contributed by atoms with Crippen molar-refractivity contribution in [2.24, 2.45) is 0 Å². The maximum atomic E-state index is 12.3. The zero-order valence-corrected chi connectivity index (χ0v) is 12.9. The largest absolute Gasteiger partial charge is 0.356 e. The van der Waals surface area contributed by atoms with Gasteiger partial charge in [0.1, 0.15) is 5.54 Å². The molecule has 0 atom stereocenters. The normalized spacial score (nSPS) is 18.6. The highest BCUT2D eigenvalue weighted by atomic mass is 79.9. The fourth-order valence-corrected chi connectivity index (χ4v) is 2.91. The third-order valence-electron chi connectivity index (χ3n) is 3.63. The average Bonchev–Trinajstić information content (AvgIpc) is 2.36. The first-order valence-corrected chi connectivity index (χ1v) is 6.95. The Bertz CT molecular complexity index is 528. The Hall–Kier alpha value is -1.36. The maximum Gasteiger partial charge on any atom is 0.247 e. The number of likely N-dealkylation sites (N-methyl/N-ethyl adjacent to an activating group) is 1. The summed E-state index contributed by atoms with van der Waals surface area (Å²) in [5.74, 6) is 0.106. The van der Waals surface area contributed by atoms with Gasteiger partial charge in [0.15, 0.2) is 6.29 Å². The van der Waals surface area contributed by atoms with Gasteiger partial charge in [0.25, 0.3) is 0 Å². The summed E-state index contributed by atoms with van der Waals surface area (Å²) < 4.78 is 0.752. The molecule has 0 radical (unpaired) electrons. The summed E-state index contributed by atoms with van der Waals surface area (Å²) in [6.07, 6.45) is 0.814. The van der Waals surface area contributed by atoms with Crippen molar-refractivity contribution in [3.05, 3.63) is 28.2 Å². The molecule has 5 heteroatoms. The lowest BCUT2D eigenvalue weighted by molar-refractivity contribution is -0.136. The van der Waals surface area contributed by atoms with Crippen molar-refractivity contribution in [1.82, 2.24) is 4.90 Å². The van der Waals surface area contributed by atoms with Gasteiger partial charge in [-0.1, -0.05) is 0 Å². The molecule has 1 aliphatic rings. The number of rotatable bonds is 2. The van der Waals surface area contributed by atoms with Crippen LogP contribution >= 0.6 is 15.9 Å². The quantitative estimate of drug-likeness (QED) is 0.784. The molecular weight excluding hydrogens is 308 g/mol. The van der Waals surface area contributed by atoms with Gasteiger partial charge in [0.05, 0.1) is 0 Å². The molecule has 0 aromatic heterocycles. The van der Waals surface area contributed by atoms with Crippen molar-refractivity contribution in [3.8, 4) is 0 Å². The van der Waals surface area contributed by atoms with Crippen LogP contribution in [0, 0.1) is 0 Å². The van der Waals surface area contributed by atoms with Crippen LogP contribution in [0.2, 0.25) is 0 Å². The molecule has 1 aromatic rings. The maximum absolute atomic E-state index is 12.3. The Morgan fingerprint density at radius 2 is 2.00 bits per heavy atom. The van der Waals surface area contributed by atoms with Crippen molar-refractivity contribution < 1.29 is 9.59 Å². The number of benzene rings is 1. The Labute approximate surface area is 121 Å². The van der Waals surface area contributed by atoms with Crippen LogP contribution < -0.4 is 4.90 Å². The molecule has 0 bridgehead atoms. The summed E-state index contributed by atoms with van der Waals surface area (Å²) in [5.41, 5.74) is 0.987. The number of amides is 1. The molecule has 0 N–H and O–H groups in total. The Kier molecular flexibility index (Phi) is 3.67. The molecule has 1 aliphatic heterocycles. The van der Waals surface area contributed by atoms with E-state index in [1.54, 1.807) is 11.0 Å². The lowest BCUT2D eigenvalue weighted by Crippen LogP contribution is -2.62. The van der Waals surface area contributed by atoms with Crippen LogP contribution in [0.3, 0.4) is 0 Å². The minimum absolute atomic E-state index is 0.106. The van der Waals surface area contributed by atoms with Crippen LogP contribution in [0.25, 0.3) is 0 Å². The highest BCUT2D eigenvalue weighted by Crippen LogP contribution is 2.31. The van der Waals surface area contributed by atoms with Crippen molar-refractivity contribution >= 4 is 33.8 Å². The molecule has 1 aromatic carbocycles. The van der Waals surface area contributed by atoms with E-state index >= 15 is 0 Å². The summed E-state index contributed by atoms with van der Waals surface area (Å²) in [4.78, 5) is 26.9. The topological polar surface area (TPSA) is 40.6 Å². The van der Waals surface area contributed by atoms with Gasteiger partial charge in [-0.3, -0.25) is 9.59 Å². The number of hydrogen-bond acceptors (Lipinski definition) is 3. The van der Waals surface area contributed by atoms with Gasteiger partial charge in [0.2, 0.25) is 5.91 Å². The van der Waals surface area contributed by atoms with E-state index in [-0.39, 0.29) is 5.91 Å². The van der Waals surface area contributed by atoms with E-state index < -0.39 is 5.54 Å². The summed E-state index contributed by atoms with van der Waals surface area (Å²) in [7, 11) is 1.83. The third-order valence-corrected chi connectivity index (χ3v) is 4.31. The zero-order valence-electron chi connectivity index (χ0n) is 11.3. The van der Waals surface area contributed by atoms with Crippen LogP contribution in [0.4, 0.5) is 5.69 Å². The van der Waals surface area contributed by atoms with Crippen LogP contribution in [0.1, 0.15) is 24.2 Å². The second-order valence-corrected chi connectivity index (χ2v) is 6.12. The van der Waals surface area contributed by atoms with E-state index in [1.807, 2.05) is 33.0 Å². The third kappa shape index (κ3) is 2.39. The molecule has 102 valence electrons. The van der Waals surface area contributed by atoms with E-state index in [4.69, 9.17) is 0 Å². The molecule has 0 spiro atoms. The molecule has 1 saturated heterocycles. The molecule has 0 saturated carbocycles. The lowest BCUT2D eigenvalue weighted by atomic mass is 9.96. The first-order chi connectivity index (χ1) is 8.87. The second-order valence-electron chi connectivity index (χ2n) is 5.26.